The van der Waals surface area contributed by atoms with E-state index < -0.39 is 4.92 Å². The summed E-state index contributed by atoms with van der Waals surface area (Å²) >= 11 is 6.93. The van der Waals surface area contributed by atoms with Crippen molar-refractivity contribution in [1.82, 2.24) is 0 Å². The third-order valence-electron chi connectivity index (χ3n) is 3.96. The largest absolute Gasteiger partial charge is 0.487 e. The molecule has 0 aromatic heterocycles. The molecule has 0 fully saturated rings. The Bertz CT molecular complexity index is 1010. The summed E-state index contributed by atoms with van der Waals surface area (Å²) in [4.78, 5) is 10.5. The van der Waals surface area contributed by atoms with E-state index in [4.69, 9.17) is 4.74 Å². The second-order valence-corrected chi connectivity index (χ2v) is 7.69. The number of non-ortho nitro benzene ring substituents is 1. The zero-order valence-corrected chi connectivity index (χ0v) is 17.7. The Labute approximate surface area is 177 Å². The fraction of sp³-hybridized carbons (Fsp3) is 0.100. The predicted octanol–water partition coefficient (Wildman–Crippen LogP) is 6.45. The minimum absolute atomic E-state index is 0.0106. The summed E-state index contributed by atoms with van der Waals surface area (Å²) in [6.45, 7) is 0.447. The van der Waals surface area contributed by atoms with Gasteiger partial charge in [0.05, 0.1) is 9.40 Å². The van der Waals surface area contributed by atoms with Crippen LogP contribution >= 0.6 is 31.9 Å². The van der Waals surface area contributed by atoms with Gasteiger partial charge in [-0.3, -0.25) is 10.1 Å². The van der Waals surface area contributed by atoms with Gasteiger partial charge in [0, 0.05) is 40.0 Å². The van der Waals surface area contributed by atoms with Gasteiger partial charge >= 0.3 is 0 Å². The summed E-state index contributed by atoms with van der Waals surface area (Å²) < 4.78 is 21.3. The van der Waals surface area contributed by atoms with Crippen molar-refractivity contribution in [2.24, 2.45) is 0 Å². The van der Waals surface area contributed by atoms with E-state index >= 15 is 0 Å². The van der Waals surface area contributed by atoms with Crippen LogP contribution in [0.1, 0.15) is 11.1 Å². The summed E-state index contributed by atoms with van der Waals surface area (Å²) in [6, 6.07) is 16.4. The van der Waals surface area contributed by atoms with E-state index in [2.05, 4.69) is 37.2 Å². The minimum atomic E-state index is -0.441. The number of nitro groups is 1. The molecule has 3 rings (SSSR count). The summed E-state index contributed by atoms with van der Waals surface area (Å²) in [6.07, 6.45) is 0. The van der Waals surface area contributed by atoms with Gasteiger partial charge in [-0.05, 0) is 40.2 Å². The number of ether oxygens (including phenoxy) is 1. The van der Waals surface area contributed by atoms with Crippen molar-refractivity contribution in [3.8, 4) is 5.75 Å². The predicted molar refractivity (Wildman–Crippen MR) is 113 cm³/mol. The van der Waals surface area contributed by atoms with Gasteiger partial charge in [-0.15, -0.1) is 0 Å². The highest BCUT2D eigenvalue weighted by molar-refractivity contribution is 9.11. The molecule has 3 aromatic rings. The molecular formula is C20H15Br2FN2O3. The van der Waals surface area contributed by atoms with E-state index in [0.717, 1.165) is 10.0 Å². The highest BCUT2D eigenvalue weighted by atomic mass is 79.9. The molecule has 0 aliphatic rings. The average Bonchev–Trinajstić information content (AvgIpc) is 2.67. The van der Waals surface area contributed by atoms with Gasteiger partial charge in [-0.1, -0.05) is 40.2 Å². The Balaban J connectivity index is 1.79. The highest BCUT2D eigenvalue weighted by Gasteiger charge is 2.13. The van der Waals surface area contributed by atoms with E-state index in [-0.39, 0.29) is 18.1 Å². The number of anilines is 1. The van der Waals surface area contributed by atoms with Crippen LogP contribution in [0.4, 0.5) is 15.8 Å². The van der Waals surface area contributed by atoms with E-state index in [1.165, 1.54) is 18.2 Å². The summed E-state index contributed by atoms with van der Waals surface area (Å²) in [7, 11) is 0. The first-order chi connectivity index (χ1) is 13.4. The number of nitro benzene ring substituents is 1. The first kappa shape index (κ1) is 20.3. The van der Waals surface area contributed by atoms with E-state index in [0.29, 0.717) is 28.0 Å². The van der Waals surface area contributed by atoms with Crippen molar-refractivity contribution in [2.75, 3.05) is 5.32 Å². The summed E-state index contributed by atoms with van der Waals surface area (Å²) in [5, 5.41) is 14.1. The minimum Gasteiger partial charge on any atom is -0.487 e. The van der Waals surface area contributed by atoms with Crippen LogP contribution in [0.3, 0.4) is 0 Å². The van der Waals surface area contributed by atoms with Crippen molar-refractivity contribution in [2.45, 2.75) is 13.2 Å². The molecule has 0 saturated heterocycles. The van der Waals surface area contributed by atoms with E-state index in [9.17, 15) is 14.5 Å². The molecule has 0 saturated carbocycles. The van der Waals surface area contributed by atoms with E-state index in [1.54, 1.807) is 30.3 Å². The first-order valence-electron chi connectivity index (χ1n) is 8.26. The van der Waals surface area contributed by atoms with E-state index in [1.807, 2.05) is 12.1 Å². The number of rotatable bonds is 7. The third kappa shape index (κ3) is 5.08. The molecule has 0 radical (unpaired) electrons. The van der Waals surface area contributed by atoms with Gasteiger partial charge in [0.15, 0.2) is 0 Å². The van der Waals surface area contributed by atoms with Crippen molar-refractivity contribution >= 4 is 43.2 Å². The van der Waals surface area contributed by atoms with Gasteiger partial charge in [0.1, 0.15) is 18.2 Å². The number of hydrogen-bond acceptors (Lipinski definition) is 4. The molecule has 3 aromatic carbocycles. The molecule has 1 N–H and O–H groups in total. The average molecular weight is 510 g/mol. The molecule has 0 aliphatic heterocycles. The SMILES string of the molecule is O=[N+]([O-])c1cccc(NCc2cc(Br)cc(Br)c2OCc2ccccc2F)c1. The molecule has 8 heteroatoms. The van der Waals surface area contributed by atoms with Gasteiger partial charge in [0.2, 0.25) is 0 Å². The normalized spacial score (nSPS) is 10.5. The van der Waals surface area contributed by atoms with Crippen LogP contribution in [0.25, 0.3) is 0 Å². The van der Waals surface area contributed by atoms with Crippen LogP contribution in [0, 0.1) is 15.9 Å². The monoisotopic (exact) mass is 508 g/mol. The number of nitrogens with one attached hydrogen (secondary N) is 1. The number of benzene rings is 3. The standard InChI is InChI=1S/C20H15Br2FN2O3/c21-15-8-14(11-24-16-5-3-6-17(10-16)25(26)27)20(18(22)9-15)28-12-13-4-1-2-7-19(13)23/h1-10,24H,11-12H2. The number of halogens is 3. The fourth-order valence-corrected chi connectivity index (χ4v) is 4.03. The zero-order chi connectivity index (χ0) is 20.1. The quantitative estimate of drug-likeness (QED) is 0.293. The zero-order valence-electron chi connectivity index (χ0n) is 14.5. The number of nitrogens with zero attached hydrogens (tertiary/aromatic N) is 1. The Hall–Kier alpha value is -2.45. The van der Waals surface area contributed by atoms with Crippen LogP contribution in [-0.2, 0) is 13.2 Å². The lowest BCUT2D eigenvalue weighted by Gasteiger charge is -2.16. The summed E-state index contributed by atoms with van der Waals surface area (Å²) in [5.41, 5.74) is 1.89. The maximum atomic E-state index is 13.9. The van der Waals surface area contributed by atoms with Gasteiger partial charge in [-0.25, -0.2) is 4.39 Å². The molecule has 0 heterocycles. The molecule has 0 spiro atoms. The van der Waals surface area contributed by atoms with Crippen molar-refractivity contribution in [1.29, 1.82) is 0 Å². The van der Waals surface area contributed by atoms with Crippen LogP contribution in [-0.4, -0.2) is 4.92 Å². The first-order valence-corrected chi connectivity index (χ1v) is 9.85. The Morgan fingerprint density at radius 1 is 1.04 bits per heavy atom. The highest BCUT2D eigenvalue weighted by Crippen LogP contribution is 2.34. The van der Waals surface area contributed by atoms with Gasteiger partial charge in [0.25, 0.3) is 5.69 Å². The molecule has 28 heavy (non-hydrogen) atoms. The Kier molecular flexibility index (Phi) is 6.64. The van der Waals surface area contributed by atoms with Gasteiger partial charge < -0.3 is 10.1 Å². The third-order valence-corrected chi connectivity index (χ3v) is 5.00. The lowest BCUT2D eigenvalue weighted by molar-refractivity contribution is -0.384. The van der Waals surface area contributed by atoms with Crippen LogP contribution in [0.2, 0.25) is 0 Å². The summed E-state index contributed by atoms with van der Waals surface area (Å²) in [5.74, 6) is 0.247. The molecule has 0 unspecified atom stereocenters. The molecule has 0 bridgehead atoms. The molecule has 5 nitrogen and oxygen atoms in total. The molecule has 0 atom stereocenters. The van der Waals surface area contributed by atoms with Crippen LogP contribution in [0.5, 0.6) is 5.75 Å². The van der Waals surface area contributed by atoms with Crippen molar-refractivity contribution < 1.29 is 14.1 Å². The topological polar surface area (TPSA) is 64.4 Å². The van der Waals surface area contributed by atoms with Crippen molar-refractivity contribution in [3.63, 3.8) is 0 Å². The van der Waals surface area contributed by atoms with Crippen LogP contribution in [0.15, 0.2) is 69.6 Å². The van der Waals surface area contributed by atoms with Crippen LogP contribution < -0.4 is 10.1 Å². The molecule has 0 amide bonds. The van der Waals surface area contributed by atoms with Gasteiger partial charge in [-0.2, -0.15) is 0 Å². The molecule has 144 valence electrons. The lowest BCUT2D eigenvalue weighted by atomic mass is 10.2. The smallest absolute Gasteiger partial charge is 0.271 e. The fourth-order valence-electron chi connectivity index (χ4n) is 2.60. The maximum Gasteiger partial charge on any atom is 0.271 e. The Morgan fingerprint density at radius 2 is 1.82 bits per heavy atom. The second-order valence-electron chi connectivity index (χ2n) is 5.92. The lowest BCUT2D eigenvalue weighted by Crippen LogP contribution is -2.05. The molecule has 0 aliphatic carbocycles. The maximum absolute atomic E-state index is 13.9. The Morgan fingerprint density at radius 3 is 2.57 bits per heavy atom. The second kappa shape index (κ2) is 9.16. The number of hydrogen-bond donors (Lipinski definition) is 1. The van der Waals surface area contributed by atoms with Crippen molar-refractivity contribution in [3.05, 3.63) is 96.7 Å². The molecular weight excluding hydrogens is 495 g/mol.